The predicted octanol–water partition coefficient (Wildman–Crippen LogP) is 3.46. The van der Waals surface area contributed by atoms with Crippen molar-refractivity contribution in [1.29, 1.82) is 0 Å². The Morgan fingerprint density at radius 3 is 2.80 bits per heavy atom. The molecule has 0 saturated carbocycles. The molecular formula is C22H33F2N3O3. The van der Waals surface area contributed by atoms with Gasteiger partial charge < -0.3 is 24.4 Å². The lowest BCUT2D eigenvalue weighted by atomic mass is 10.1. The van der Waals surface area contributed by atoms with Crippen LogP contribution in [0.25, 0.3) is 0 Å². The van der Waals surface area contributed by atoms with Crippen LogP contribution in [0.3, 0.4) is 0 Å². The number of halogens is 2. The molecule has 1 N–H and O–H groups in total. The van der Waals surface area contributed by atoms with Gasteiger partial charge in [-0.05, 0) is 49.8 Å². The largest absolute Gasteiger partial charge is 0.488 e. The molecule has 1 unspecified atom stereocenters. The van der Waals surface area contributed by atoms with Crippen LogP contribution in [-0.4, -0.2) is 69.5 Å². The first kappa shape index (κ1) is 22.7. The molecule has 6 nitrogen and oxygen atoms in total. The molecule has 1 aromatic rings. The number of nitrogens with zero attached hydrogens (tertiary/aromatic N) is 2. The number of benzene rings is 1. The van der Waals surface area contributed by atoms with Crippen LogP contribution in [0.15, 0.2) is 29.3 Å². The van der Waals surface area contributed by atoms with Crippen molar-refractivity contribution >= 4 is 5.96 Å². The summed E-state index contributed by atoms with van der Waals surface area (Å²) in [6.45, 7) is 3.27. The molecule has 2 aliphatic rings. The predicted molar refractivity (Wildman–Crippen MR) is 112 cm³/mol. The van der Waals surface area contributed by atoms with Crippen molar-refractivity contribution in [3.05, 3.63) is 29.8 Å². The molecule has 0 bridgehead atoms. The zero-order valence-electron chi connectivity index (χ0n) is 17.7. The van der Waals surface area contributed by atoms with Crippen LogP contribution in [0.5, 0.6) is 5.75 Å². The molecule has 168 valence electrons. The van der Waals surface area contributed by atoms with Crippen molar-refractivity contribution in [3.63, 3.8) is 0 Å². The first-order valence-corrected chi connectivity index (χ1v) is 10.8. The summed E-state index contributed by atoms with van der Waals surface area (Å²) in [6.07, 6.45) is 3.47. The first-order chi connectivity index (χ1) is 14.6. The fraction of sp³-hybridized carbons (Fsp3) is 0.682. The van der Waals surface area contributed by atoms with E-state index in [1.54, 1.807) is 25.2 Å². The molecule has 0 aromatic heterocycles. The average Bonchev–Trinajstić information content (AvgIpc) is 2.78. The molecule has 0 radical (unpaired) electrons. The third kappa shape index (κ3) is 7.40. The summed E-state index contributed by atoms with van der Waals surface area (Å²) in [4.78, 5) is 6.62. The van der Waals surface area contributed by atoms with Crippen LogP contribution < -0.4 is 10.1 Å². The Hall–Kier alpha value is -1.93. The third-order valence-electron chi connectivity index (χ3n) is 5.47. The molecule has 2 aliphatic heterocycles. The van der Waals surface area contributed by atoms with E-state index in [1.165, 1.54) is 6.42 Å². The lowest BCUT2D eigenvalue weighted by Crippen LogP contribution is -2.47. The van der Waals surface area contributed by atoms with E-state index in [2.05, 4.69) is 15.2 Å². The third-order valence-corrected chi connectivity index (χ3v) is 5.47. The molecule has 8 heteroatoms. The minimum absolute atomic E-state index is 0.256. The summed E-state index contributed by atoms with van der Waals surface area (Å²) in [6, 6.07) is 7.20. The summed E-state index contributed by atoms with van der Waals surface area (Å²) in [7, 11) is 1.77. The van der Waals surface area contributed by atoms with Crippen molar-refractivity contribution in [2.24, 2.45) is 4.99 Å². The SMILES string of the molecule is CN=C(NCc1cccc(OCC(F)F)c1)N1CCC(OCC2CCCCO2)CC1. The van der Waals surface area contributed by atoms with Gasteiger partial charge in [0.15, 0.2) is 5.96 Å². The number of piperidine rings is 1. The van der Waals surface area contributed by atoms with Crippen molar-refractivity contribution in [1.82, 2.24) is 10.2 Å². The highest BCUT2D eigenvalue weighted by Gasteiger charge is 2.23. The average molecular weight is 426 g/mol. The number of rotatable bonds is 8. The molecule has 1 aromatic carbocycles. The maximum Gasteiger partial charge on any atom is 0.272 e. The van der Waals surface area contributed by atoms with Crippen LogP contribution in [-0.2, 0) is 16.0 Å². The summed E-state index contributed by atoms with van der Waals surface area (Å²) < 4.78 is 41.6. The Morgan fingerprint density at radius 1 is 1.27 bits per heavy atom. The smallest absolute Gasteiger partial charge is 0.272 e. The van der Waals surface area contributed by atoms with E-state index < -0.39 is 13.0 Å². The topological polar surface area (TPSA) is 55.3 Å². The van der Waals surface area contributed by atoms with E-state index in [0.29, 0.717) is 18.9 Å². The van der Waals surface area contributed by atoms with Gasteiger partial charge in [-0.15, -0.1) is 0 Å². The Balaban J connectivity index is 1.40. The zero-order chi connectivity index (χ0) is 21.2. The number of alkyl halides is 2. The van der Waals surface area contributed by atoms with E-state index in [1.807, 2.05) is 6.07 Å². The lowest BCUT2D eigenvalue weighted by Gasteiger charge is -2.35. The number of guanidine groups is 1. The van der Waals surface area contributed by atoms with Crippen molar-refractivity contribution in [3.8, 4) is 5.75 Å². The number of nitrogens with one attached hydrogen (secondary N) is 1. The van der Waals surface area contributed by atoms with Gasteiger partial charge in [0.05, 0.1) is 18.8 Å². The normalized spacial score (nSPS) is 21.1. The summed E-state index contributed by atoms with van der Waals surface area (Å²) in [5.41, 5.74) is 0.952. The lowest BCUT2D eigenvalue weighted by molar-refractivity contribution is -0.0721. The molecule has 2 saturated heterocycles. The molecule has 0 spiro atoms. The first-order valence-electron chi connectivity index (χ1n) is 10.8. The van der Waals surface area contributed by atoms with Gasteiger partial charge in [0, 0.05) is 33.3 Å². The number of likely N-dealkylation sites (tertiary alicyclic amines) is 1. The Kier molecular flexibility index (Phi) is 9.14. The van der Waals surface area contributed by atoms with E-state index in [0.717, 1.165) is 56.9 Å². The quantitative estimate of drug-likeness (QED) is 0.511. The number of ether oxygens (including phenoxy) is 3. The second-order valence-corrected chi connectivity index (χ2v) is 7.76. The summed E-state index contributed by atoms with van der Waals surface area (Å²) >= 11 is 0. The maximum absolute atomic E-state index is 12.3. The van der Waals surface area contributed by atoms with Gasteiger partial charge in [-0.1, -0.05) is 12.1 Å². The van der Waals surface area contributed by atoms with Gasteiger partial charge in [0.1, 0.15) is 12.4 Å². The fourth-order valence-corrected chi connectivity index (χ4v) is 3.83. The second-order valence-electron chi connectivity index (χ2n) is 7.76. The van der Waals surface area contributed by atoms with E-state index in [-0.39, 0.29) is 12.2 Å². The summed E-state index contributed by atoms with van der Waals surface area (Å²) in [5.74, 6) is 1.28. The van der Waals surface area contributed by atoms with Crippen LogP contribution in [0.4, 0.5) is 8.78 Å². The number of hydrogen-bond acceptors (Lipinski definition) is 4. The molecule has 0 aliphatic carbocycles. The molecule has 1 atom stereocenters. The monoisotopic (exact) mass is 425 g/mol. The van der Waals surface area contributed by atoms with Crippen LogP contribution >= 0.6 is 0 Å². The van der Waals surface area contributed by atoms with Crippen LogP contribution in [0.1, 0.15) is 37.7 Å². The Morgan fingerprint density at radius 2 is 2.10 bits per heavy atom. The van der Waals surface area contributed by atoms with Gasteiger partial charge in [-0.3, -0.25) is 4.99 Å². The molecule has 30 heavy (non-hydrogen) atoms. The maximum atomic E-state index is 12.3. The standard InChI is InChI=1S/C22H33F2N3O3/c1-25-22(26-14-17-5-4-7-19(13-17)30-16-21(23)24)27-10-8-18(9-11-27)29-15-20-6-2-3-12-28-20/h4-5,7,13,18,20-21H,2-3,6,8-12,14-16H2,1H3,(H,25,26). The van der Waals surface area contributed by atoms with Gasteiger partial charge in [0.25, 0.3) is 6.43 Å². The van der Waals surface area contributed by atoms with Gasteiger partial charge in [-0.25, -0.2) is 8.78 Å². The van der Waals surface area contributed by atoms with Crippen molar-refractivity contribution in [2.45, 2.75) is 57.3 Å². The zero-order valence-corrected chi connectivity index (χ0v) is 17.7. The fourth-order valence-electron chi connectivity index (χ4n) is 3.83. The van der Waals surface area contributed by atoms with Crippen LogP contribution in [0.2, 0.25) is 0 Å². The van der Waals surface area contributed by atoms with E-state index >= 15 is 0 Å². The minimum atomic E-state index is -2.48. The van der Waals surface area contributed by atoms with Gasteiger partial charge in [-0.2, -0.15) is 0 Å². The molecule has 3 rings (SSSR count). The minimum Gasteiger partial charge on any atom is -0.488 e. The summed E-state index contributed by atoms with van der Waals surface area (Å²) in [5, 5.41) is 3.36. The highest BCUT2D eigenvalue weighted by molar-refractivity contribution is 5.80. The van der Waals surface area contributed by atoms with Crippen molar-refractivity contribution in [2.75, 3.05) is 40.0 Å². The number of aliphatic imine (C=N–C) groups is 1. The van der Waals surface area contributed by atoms with E-state index in [9.17, 15) is 8.78 Å². The second kappa shape index (κ2) is 12.1. The van der Waals surface area contributed by atoms with Gasteiger partial charge >= 0.3 is 0 Å². The van der Waals surface area contributed by atoms with Crippen LogP contribution in [0, 0.1) is 0 Å². The molecule has 0 amide bonds. The Labute approximate surface area is 177 Å². The highest BCUT2D eigenvalue weighted by Crippen LogP contribution is 2.18. The molecular weight excluding hydrogens is 392 g/mol. The van der Waals surface area contributed by atoms with E-state index in [4.69, 9.17) is 14.2 Å². The molecule has 2 fully saturated rings. The van der Waals surface area contributed by atoms with Crippen molar-refractivity contribution < 1.29 is 23.0 Å². The van der Waals surface area contributed by atoms with Gasteiger partial charge in [0.2, 0.25) is 0 Å². The number of hydrogen-bond donors (Lipinski definition) is 1. The highest BCUT2D eigenvalue weighted by atomic mass is 19.3. The Bertz CT molecular complexity index is 661. The molecule has 2 heterocycles.